The third-order valence-electron chi connectivity index (χ3n) is 3.20. The number of piperidine rings is 1. The predicted molar refractivity (Wildman–Crippen MR) is 67.7 cm³/mol. The number of amides is 1. The number of phenols is 2. The van der Waals surface area contributed by atoms with Gasteiger partial charge in [-0.15, -0.1) is 0 Å². The van der Waals surface area contributed by atoms with E-state index in [2.05, 4.69) is 17.6 Å². The molecular weight excluding hydrogens is 232 g/mol. The van der Waals surface area contributed by atoms with E-state index in [0.717, 1.165) is 19.4 Å². The first-order valence-electron chi connectivity index (χ1n) is 6.12. The maximum absolute atomic E-state index is 12.0. The maximum atomic E-state index is 12.0. The third-order valence-corrected chi connectivity index (χ3v) is 3.20. The molecule has 1 aromatic carbocycles. The smallest absolute Gasteiger partial charge is 0.251 e. The Kier molecular flexibility index (Phi) is 3.72. The number of benzene rings is 1. The first-order chi connectivity index (χ1) is 8.56. The second-order valence-electron chi connectivity index (χ2n) is 4.75. The molecule has 1 saturated heterocycles. The minimum atomic E-state index is -0.277. The lowest BCUT2D eigenvalue weighted by atomic mass is 10.0. The van der Waals surface area contributed by atoms with Crippen molar-refractivity contribution < 1.29 is 15.0 Å². The van der Waals surface area contributed by atoms with Gasteiger partial charge in [-0.2, -0.15) is 0 Å². The Labute approximate surface area is 106 Å². The molecule has 4 N–H and O–H groups in total. The summed E-state index contributed by atoms with van der Waals surface area (Å²) in [6, 6.07) is 4.64. The standard InChI is InChI=1S/C13H18N2O3/c1-8-6-10(4-5-14-8)15-13(18)9-2-3-11(16)12(17)7-9/h2-3,7-8,10,14,16-17H,4-6H2,1H3,(H,15,18). The predicted octanol–water partition coefficient (Wildman–Crippen LogP) is 0.968. The van der Waals surface area contributed by atoms with Crippen molar-refractivity contribution in [1.82, 2.24) is 10.6 Å². The Hall–Kier alpha value is -1.75. The number of carbonyl (C=O) groups excluding carboxylic acids is 1. The molecule has 98 valence electrons. The summed E-state index contributed by atoms with van der Waals surface area (Å²) in [6.45, 7) is 2.98. The van der Waals surface area contributed by atoms with Gasteiger partial charge in [-0.05, 0) is 44.5 Å². The van der Waals surface area contributed by atoms with Crippen LogP contribution in [0.25, 0.3) is 0 Å². The zero-order chi connectivity index (χ0) is 13.1. The lowest BCUT2D eigenvalue weighted by molar-refractivity contribution is 0.0925. The molecule has 1 fully saturated rings. The second kappa shape index (κ2) is 5.27. The Balaban J connectivity index is 2.00. The van der Waals surface area contributed by atoms with Crippen molar-refractivity contribution in [1.29, 1.82) is 0 Å². The quantitative estimate of drug-likeness (QED) is 0.589. The molecule has 1 amide bonds. The molecule has 0 bridgehead atoms. The molecule has 0 aromatic heterocycles. The molecule has 0 saturated carbocycles. The van der Waals surface area contributed by atoms with Gasteiger partial charge in [0.1, 0.15) is 0 Å². The van der Waals surface area contributed by atoms with Crippen molar-refractivity contribution in [3.63, 3.8) is 0 Å². The molecule has 2 atom stereocenters. The lowest BCUT2D eigenvalue weighted by Crippen LogP contribution is -2.46. The molecule has 1 aliphatic rings. The first-order valence-corrected chi connectivity index (χ1v) is 6.12. The summed E-state index contributed by atoms with van der Waals surface area (Å²) in [7, 11) is 0. The molecular formula is C13H18N2O3. The molecule has 5 heteroatoms. The van der Waals surface area contributed by atoms with Crippen molar-refractivity contribution >= 4 is 5.91 Å². The molecule has 2 unspecified atom stereocenters. The van der Waals surface area contributed by atoms with E-state index in [4.69, 9.17) is 0 Å². The average molecular weight is 250 g/mol. The van der Waals surface area contributed by atoms with Gasteiger partial charge in [0.2, 0.25) is 0 Å². The Morgan fingerprint density at radius 3 is 2.83 bits per heavy atom. The van der Waals surface area contributed by atoms with E-state index in [1.807, 2.05) is 0 Å². The van der Waals surface area contributed by atoms with Crippen molar-refractivity contribution in [3.05, 3.63) is 23.8 Å². The molecule has 0 aliphatic carbocycles. The van der Waals surface area contributed by atoms with E-state index >= 15 is 0 Å². The SMILES string of the molecule is CC1CC(NC(=O)c2ccc(O)c(O)c2)CCN1. The molecule has 1 heterocycles. The summed E-state index contributed by atoms with van der Waals surface area (Å²) in [5.41, 5.74) is 0.358. The van der Waals surface area contributed by atoms with Gasteiger partial charge in [0, 0.05) is 17.6 Å². The van der Waals surface area contributed by atoms with Crippen LogP contribution in [0.5, 0.6) is 11.5 Å². The van der Waals surface area contributed by atoms with E-state index in [0.29, 0.717) is 11.6 Å². The van der Waals surface area contributed by atoms with Crippen molar-refractivity contribution in [3.8, 4) is 11.5 Å². The summed E-state index contributed by atoms with van der Waals surface area (Å²) in [5, 5.41) is 24.8. The zero-order valence-electron chi connectivity index (χ0n) is 10.3. The van der Waals surface area contributed by atoms with Gasteiger partial charge in [-0.3, -0.25) is 4.79 Å². The molecule has 18 heavy (non-hydrogen) atoms. The largest absolute Gasteiger partial charge is 0.504 e. The fourth-order valence-corrected chi connectivity index (χ4v) is 2.20. The topological polar surface area (TPSA) is 81.6 Å². The van der Waals surface area contributed by atoms with E-state index in [1.165, 1.54) is 18.2 Å². The van der Waals surface area contributed by atoms with Crippen molar-refractivity contribution in [2.24, 2.45) is 0 Å². The van der Waals surface area contributed by atoms with Crippen LogP contribution in [0, 0.1) is 0 Å². The summed E-state index contributed by atoms with van der Waals surface area (Å²) in [4.78, 5) is 12.0. The van der Waals surface area contributed by atoms with E-state index in [1.54, 1.807) is 0 Å². The highest BCUT2D eigenvalue weighted by Gasteiger charge is 2.20. The second-order valence-corrected chi connectivity index (χ2v) is 4.75. The van der Waals surface area contributed by atoms with Crippen LogP contribution in [-0.2, 0) is 0 Å². The van der Waals surface area contributed by atoms with E-state index in [-0.39, 0.29) is 23.4 Å². The van der Waals surface area contributed by atoms with Crippen LogP contribution in [0.1, 0.15) is 30.1 Å². The molecule has 1 aromatic rings. The van der Waals surface area contributed by atoms with Gasteiger partial charge >= 0.3 is 0 Å². The Morgan fingerprint density at radius 2 is 2.17 bits per heavy atom. The summed E-state index contributed by atoms with van der Waals surface area (Å²) in [5.74, 6) is -0.715. The molecule has 0 spiro atoms. The summed E-state index contributed by atoms with van der Waals surface area (Å²) >= 11 is 0. The number of aromatic hydroxyl groups is 2. The highest BCUT2D eigenvalue weighted by Crippen LogP contribution is 2.24. The van der Waals surface area contributed by atoms with Gasteiger partial charge in [0.25, 0.3) is 5.91 Å². The lowest BCUT2D eigenvalue weighted by Gasteiger charge is -2.28. The number of carbonyl (C=O) groups is 1. The fourth-order valence-electron chi connectivity index (χ4n) is 2.20. The van der Waals surface area contributed by atoms with Gasteiger partial charge in [0.15, 0.2) is 11.5 Å². The van der Waals surface area contributed by atoms with Crippen LogP contribution < -0.4 is 10.6 Å². The first kappa shape index (κ1) is 12.7. The molecule has 5 nitrogen and oxygen atoms in total. The van der Waals surface area contributed by atoms with Gasteiger partial charge < -0.3 is 20.8 Å². The molecule has 0 radical (unpaired) electrons. The monoisotopic (exact) mass is 250 g/mol. The van der Waals surface area contributed by atoms with Crippen molar-refractivity contribution in [2.45, 2.75) is 31.8 Å². The van der Waals surface area contributed by atoms with Crippen LogP contribution in [0.4, 0.5) is 0 Å². The van der Waals surface area contributed by atoms with Crippen LogP contribution in [0.15, 0.2) is 18.2 Å². The molecule has 1 aliphatic heterocycles. The summed E-state index contributed by atoms with van der Waals surface area (Å²) in [6.07, 6.45) is 1.80. The minimum Gasteiger partial charge on any atom is -0.504 e. The average Bonchev–Trinajstić information content (AvgIpc) is 2.32. The van der Waals surface area contributed by atoms with E-state index < -0.39 is 0 Å². The molecule has 2 rings (SSSR count). The fraction of sp³-hybridized carbons (Fsp3) is 0.462. The zero-order valence-corrected chi connectivity index (χ0v) is 10.3. The highest BCUT2D eigenvalue weighted by atomic mass is 16.3. The minimum absolute atomic E-state index is 0.157. The van der Waals surface area contributed by atoms with Crippen LogP contribution in [-0.4, -0.2) is 34.7 Å². The summed E-state index contributed by atoms with van der Waals surface area (Å²) < 4.78 is 0. The van der Waals surface area contributed by atoms with Crippen LogP contribution in [0.2, 0.25) is 0 Å². The van der Waals surface area contributed by atoms with Gasteiger partial charge in [-0.25, -0.2) is 0 Å². The Morgan fingerprint density at radius 1 is 1.39 bits per heavy atom. The number of nitrogens with one attached hydrogen (secondary N) is 2. The van der Waals surface area contributed by atoms with Gasteiger partial charge in [0.05, 0.1) is 0 Å². The highest BCUT2D eigenvalue weighted by molar-refractivity contribution is 5.95. The number of phenolic OH excluding ortho intramolecular Hbond substituents is 2. The van der Waals surface area contributed by atoms with Crippen LogP contribution in [0.3, 0.4) is 0 Å². The number of hydrogen-bond acceptors (Lipinski definition) is 4. The number of rotatable bonds is 2. The number of hydrogen-bond donors (Lipinski definition) is 4. The van der Waals surface area contributed by atoms with E-state index in [9.17, 15) is 15.0 Å². The van der Waals surface area contributed by atoms with Gasteiger partial charge in [-0.1, -0.05) is 0 Å². The normalized spacial score (nSPS) is 23.6. The van der Waals surface area contributed by atoms with Crippen molar-refractivity contribution in [2.75, 3.05) is 6.54 Å². The van der Waals surface area contributed by atoms with Crippen LogP contribution >= 0.6 is 0 Å². The maximum Gasteiger partial charge on any atom is 0.251 e. The third kappa shape index (κ3) is 2.92. The Bertz CT molecular complexity index is 448.